The second-order valence-corrected chi connectivity index (χ2v) is 10.7. The van der Waals surface area contributed by atoms with Gasteiger partial charge < -0.3 is 10.1 Å². The number of nitrogens with zero attached hydrogens (tertiary/aromatic N) is 4. The van der Waals surface area contributed by atoms with Crippen LogP contribution in [-0.2, 0) is 6.54 Å². The fourth-order valence-electron chi connectivity index (χ4n) is 4.75. The van der Waals surface area contributed by atoms with Crippen LogP contribution in [0.1, 0.15) is 35.1 Å². The molecule has 0 amide bonds. The number of aryl methyl sites for hydroxylation is 2. The predicted octanol–water partition coefficient (Wildman–Crippen LogP) is 7.37. The number of nitrogens with one attached hydrogen (secondary N) is 1. The van der Waals surface area contributed by atoms with Gasteiger partial charge in [-0.2, -0.15) is 10.2 Å². The van der Waals surface area contributed by atoms with E-state index in [1.165, 1.54) is 11.6 Å². The number of nitriles is 1. The number of hydrogen-bond donors (Lipinski definition) is 1. The van der Waals surface area contributed by atoms with Gasteiger partial charge in [0, 0.05) is 36.8 Å². The molecule has 1 aliphatic rings. The second-order valence-electron chi connectivity index (χ2n) is 9.36. The lowest BCUT2D eigenvalue weighted by Gasteiger charge is -2.32. The van der Waals surface area contributed by atoms with Gasteiger partial charge in [0.15, 0.2) is 0 Å². The Bertz CT molecular complexity index is 1460. The van der Waals surface area contributed by atoms with Crippen LogP contribution in [0.2, 0.25) is 5.02 Å². The molecule has 8 heteroatoms. The van der Waals surface area contributed by atoms with E-state index in [0.29, 0.717) is 17.9 Å². The fraction of sp³-hybridized carbons (Fsp3) is 0.276. The van der Waals surface area contributed by atoms with E-state index in [1.54, 1.807) is 17.4 Å². The molecular formula is C29H28ClN5OS. The molecule has 0 atom stereocenters. The molecule has 5 rings (SSSR count). The first-order valence-corrected chi connectivity index (χ1v) is 13.6. The van der Waals surface area contributed by atoms with Gasteiger partial charge in [0.05, 0.1) is 11.6 Å². The first kappa shape index (κ1) is 25.2. The van der Waals surface area contributed by atoms with Crippen molar-refractivity contribution in [2.75, 3.05) is 18.4 Å². The van der Waals surface area contributed by atoms with Crippen LogP contribution >= 0.6 is 22.9 Å². The molecule has 0 unspecified atom stereocenters. The number of benzene rings is 2. The Kier molecular flexibility index (Phi) is 7.71. The van der Waals surface area contributed by atoms with Crippen molar-refractivity contribution in [1.29, 1.82) is 5.26 Å². The van der Waals surface area contributed by atoms with Crippen molar-refractivity contribution in [3.05, 3.63) is 81.2 Å². The van der Waals surface area contributed by atoms with E-state index in [4.69, 9.17) is 31.6 Å². The number of ether oxygens (including phenoxy) is 1. The molecule has 4 aromatic rings. The van der Waals surface area contributed by atoms with Crippen molar-refractivity contribution in [2.45, 2.75) is 39.3 Å². The van der Waals surface area contributed by atoms with Gasteiger partial charge in [0.25, 0.3) is 0 Å². The van der Waals surface area contributed by atoms with Gasteiger partial charge in [-0.15, -0.1) is 11.3 Å². The molecule has 0 radical (unpaired) electrons. The quantitative estimate of drug-likeness (QED) is 0.252. The van der Waals surface area contributed by atoms with Gasteiger partial charge >= 0.3 is 0 Å². The van der Waals surface area contributed by atoms with E-state index >= 15 is 0 Å². The second kappa shape index (κ2) is 11.3. The predicted molar refractivity (Wildman–Crippen MR) is 151 cm³/mol. The molecule has 1 saturated heterocycles. The Morgan fingerprint density at radius 1 is 1.16 bits per heavy atom. The first-order valence-electron chi connectivity index (χ1n) is 12.3. The maximum absolute atomic E-state index is 8.83. The van der Waals surface area contributed by atoms with Crippen LogP contribution in [0.5, 0.6) is 11.6 Å². The molecule has 1 N–H and O–H groups in total. The SMILES string of the molecule is Cc1cc(/C=C/C#N)cc(C)c1Oc1nc(NC2CCN(Cc3cccc(Cl)c3)CC2)nc2ccsc12. The summed E-state index contributed by atoms with van der Waals surface area (Å²) in [6.07, 6.45) is 5.30. The van der Waals surface area contributed by atoms with Gasteiger partial charge in [-0.05, 0) is 90.7 Å². The minimum absolute atomic E-state index is 0.300. The molecule has 37 heavy (non-hydrogen) atoms. The highest BCUT2D eigenvalue weighted by Crippen LogP contribution is 2.36. The standard InChI is InChI=1S/C29H28ClN5OS/c1-19-15-21(6-4-11-31)16-20(2)26(19)36-28-27-25(10-14-37-27)33-29(34-28)32-24-8-12-35(13-9-24)18-22-5-3-7-23(30)17-22/h3-7,10,14-17,24H,8-9,12-13,18H2,1-2H3,(H,32,33,34)/b6-4+. The summed E-state index contributed by atoms with van der Waals surface area (Å²) in [6.45, 7) is 6.93. The Morgan fingerprint density at radius 3 is 2.68 bits per heavy atom. The van der Waals surface area contributed by atoms with Crippen LogP contribution in [-0.4, -0.2) is 34.0 Å². The number of aromatic nitrogens is 2. The van der Waals surface area contributed by atoms with E-state index < -0.39 is 0 Å². The lowest BCUT2D eigenvalue weighted by Crippen LogP contribution is -2.39. The van der Waals surface area contributed by atoms with Crippen molar-refractivity contribution in [3.63, 3.8) is 0 Å². The minimum Gasteiger partial charge on any atom is -0.437 e. The number of fused-ring (bicyclic) bond motifs is 1. The van der Waals surface area contributed by atoms with E-state index in [-0.39, 0.29) is 0 Å². The highest BCUT2D eigenvalue weighted by molar-refractivity contribution is 7.17. The van der Waals surface area contributed by atoms with E-state index in [1.807, 2.05) is 61.7 Å². The van der Waals surface area contributed by atoms with Crippen LogP contribution in [0.25, 0.3) is 16.3 Å². The van der Waals surface area contributed by atoms with Crippen LogP contribution in [0.3, 0.4) is 0 Å². The zero-order valence-corrected chi connectivity index (χ0v) is 22.4. The van der Waals surface area contributed by atoms with Gasteiger partial charge in [-0.3, -0.25) is 4.90 Å². The highest BCUT2D eigenvalue weighted by atomic mass is 35.5. The molecule has 188 valence electrons. The van der Waals surface area contributed by atoms with Gasteiger partial charge in [-0.25, -0.2) is 4.98 Å². The average molecular weight is 530 g/mol. The third-order valence-electron chi connectivity index (χ3n) is 6.52. The van der Waals surface area contributed by atoms with Gasteiger partial charge in [0.2, 0.25) is 11.8 Å². The molecule has 1 fully saturated rings. The summed E-state index contributed by atoms with van der Waals surface area (Å²) in [5, 5.41) is 15.2. The van der Waals surface area contributed by atoms with Crippen LogP contribution in [0.4, 0.5) is 5.95 Å². The molecule has 0 bridgehead atoms. The van der Waals surface area contributed by atoms with Crippen LogP contribution < -0.4 is 10.1 Å². The third-order valence-corrected chi connectivity index (χ3v) is 7.65. The number of allylic oxidation sites excluding steroid dienone is 1. The maximum atomic E-state index is 8.83. The number of likely N-dealkylation sites (tertiary alicyclic amines) is 1. The maximum Gasteiger partial charge on any atom is 0.242 e. The normalized spacial score (nSPS) is 14.8. The lowest BCUT2D eigenvalue weighted by atomic mass is 10.0. The van der Waals surface area contributed by atoms with Gasteiger partial charge in [-0.1, -0.05) is 23.7 Å². The molecule has 1 aliphatic heterocycles. The number of rotatable bonds is 7. The zero-order valence-electron chi connectivity index (χ0n) is 20.9. The lowest BCUT2D eigenvalue weighted by molar-refractivity contribution is 0.211. The van der Waals surface area contributed by atoms with E-state index in [0.717, 1.165) is 70.2 Å². The Labute approximate surface area is 226 Å². The zero-order chi connectivity index (χ0) is 25.8. The van der Waals surface area contributed by atoms with E-state index in [2.05, 4.69) is 16.3 Å². The molecule has 2 aromatic heterocycles. The third kappa shape index (κ3) is 6.11. The smallest absolute Gasteiger partial charge is 0.242 e. The number of halogens is 1. The average Bonchev–Trinajstić information content (AvgIpc) is 3.35. The highest BCUT2D eigenvalue weighted by Gasteiger charge is 2.21. The molecule has 0 aliphatic carbocycles. The number of hydrogen-bond acceptors (Lipinski definition) is 7. The largest absolute Gasteiger partial charge is 0.437 e. The van der Waals surface area contributed by atoms with Crippen molar-refractivity contribution >= 4 is 45.2 Å². The molecule has 0 spiro atoms. The summed E-state index contributed by atoms with van der Waals surface area (Å²) in [5.74, 6) is 1.94. The number of thiophene rings is 1. The van der Waals surface area contributed by atoms with Crippen LogP contribution in [0.15, 0.2) is 53.9 Å². The summed E-state index contributed by atoms with van der Waals surface area (Å²) < 4.78 is 7.33. The van der Waals surface area contributed by atoms with Crippen molar-refractivity contribution in [3.8, 4) is 17.7 Å². The van der Waals surface area contributed by atoms with Crippen LogP contribution in [0, 0.1) is 25.2 Å². The van der Waals surface area contributed by atoms with Crippen molar-refractivity contribution in [2.24, 2.45) is 0 Å². The first-order chi connectivity index (χ1) is 18.0. The number of piperidine rings is 1. The fourth-order valence-corrected chi connectivity index (χ4v) is 5.72. The molecule has 3 heterocycles. The molecular weight excluding hydrogens is 502 g/mol. The summed E-state index contributed by atoms with van der Waals surface area (Å²) >= 11 is 7.73. The van der Waals surface area contributed by atoms with Crippen molar-refractivity contribution < 1.29 is 4.74 Å². The summed E-state index contributed by atoms with van der Waals surface area (Å²) in [7, 11) is 0. The summed E-state index contributed by atoms with van der Waals surface area (Å²) in [5.41, 5.74) is 5.06. The molecule has 2 aromatic carbocycles. The van der Waals surface area contributed by atoms with Gasteiger partial charge in [0.1, 0.15) is 10.4 Å². The summed E-state index contributed by atoms with van der Waals surface area (Å²) in [4.78, 5) is 12.0. The molecule has 0 saturated carbocycles. The number of anilines is 1. The molecule has 6 nitrogen and oxygen atoms in total. The Hall–Kier alpha value is -3.44. The summed E-state index contributed by atoms with van der Waals surface area (Å²) in [6, 6.07) is 16.5. The topological polar surface area (TPSA) is 74.1 Å². The monoisotopic (exact) mass is 529 g/mol. The van der Waals surface area contributed by atoms with E-state index in [9.17, 15) is 0 Å². The Balaban J connectivity index is 1.29. The van der Waals surface area contributed by atoms with Crippen molar-refractivity contribution in [1.82, 2.24) is 14.9 Å². The minimum atomic E-state index is 0.300. The Morgan fingerprint density at radius 2 is 1.95 bits per heavy atom.